The topological polar surface area (TPSA) is 65.4 Å². The van der Waals surface area contributed by atoms with Crippen molar-refractivity contribution in [1.29, 1.82) is 0 Å². The van der Waals surface area contributed by atoms with Gasteiger partial charge in [-0.15, -0.1) is 0 Å². The highest BCUT2D eigenvalue weighted by Gasteiger charge is 2.56. The van der Waals surface area contributed by atoms with Crippen molar-refractivity contribution in [3.05, 3.63) is 18.2 Å². The minimum Gasteiger partial charge on any atom is -0.381 e. The summed E-state index contributed by atoms with van der Waals surface area (Å²) in [5.74, 6) is -0.0548. The van der Waals surface area contributed by atoms with Gasteiger partial charge in [-0.2, -0.15) is 0 Å². The molecule has 2 heterocycles. The van der Waals surface area contributed by atoms with E-state index in [4.69, 9.17) is 9.47 Å². The van der Waals surface area contributed by atoms with Crippen LogP contribution < -0.4 is 5.32 Å². The van der Waals surface area contributed by atoms with Crippen LogP contribution in [0.15, 0.2) is 12.5 Å². The van der Waals surface area contributed by atoms with Crippen LogP contribution >= 0.6 is 0 Å². The van der Waals surface area contributed by atoms with E-state index in [2.05, 4.69) is 10.3 Å². The number of hydrogen-bond donors (Lipinski definition) is 1. The standard InChI is InChI=1S/C15H23N3O3/c1-3-21-13-8-12(15(13)4-6-20-7-5-15)17-14(19)11-9-16-10-18(11)2/h9-10,12-13H,3-8H2,1-2H3,(H,17,19)/t12-,13-/m1/s1. The van der Waals surface area contributed by atoms with Crippen LogP contribution in [0.25, 0.3) is 0 Å². The highest BCUT2D eigenvalue weighted by atomic mass is 16.5. The predicted octanol–water partition coefficient (Wildman–Crippen LogP) is 1.12. The van der Waals surface area contributed by atoms with Crippen molar-refractivity contribution in [3.8, 4) is 0 Å². The largest absolute Gasteiger partial charge is 0.381 e. The second-order valence-electron chi connectivity index (χ2n) is 5.94. The van der Waals surface area contributed by atoms with Crippen LogP contribution in [0.3, 0.4) is 0 Å². The van der Waals surface area contributed by atoms with Crippen LogP contribution in [0.2, 0.25) is 0 Å². The van der Waals surface area contributed by atoms with Crippen LogP contribution in [0.4, 0.5) is 0 Å². The van der Waals surface area contributed by atoms with Gasteiger partial charge in [-0.3, -0.25) is 4.79 Å². The second kappa shape index (κ2) is 5.77. The van der Waals surface area contributed by atoms with E-state index in [0.717, 1.165) is 39.1 Å². The molecule has 0 bridgehead atoms. The number of nitrogens with zero attached hydrogens (tertiary/aromatic N) is 2. The van der Waals surface area contributed by atoms with Gasteiger partial charge in [0.25, 0.3) is 5.91 Å². The molecular formula is C15H23N3O3. The maximum Gasteiger partial charge on any atom is 0.269 e. The number of carbonyl (C=O) groups excluding carboxylic acids is 1. The van der Waals surface area contributed by atoms with Crippen molar-refractivity contribution in [2.45, 2.75) is 38.3 Å². The number of aromatic nitrogens is 2. The molecule has 1 aromatic heterocycles. The van der Waals surface area contributed by atoms with E-state index < -0.39 is 0 Å². The molecule has 1 spiro atoms. The molecule has 1 saturated heterocycles. The van der Waals surface area contributed by atoms with Gasteiger partial charge in [-0.05, 0) is 26.2 Å². The van der Waals surface area contributed by atoms with E-state index in [1.165, 1.54) is 0 Å². The number of nitrogens with one attached hydrogen (secondary N) is 1. The molecule has 1 aromatic rings. The van der Waals surface area contributed by atoms with Gasteiger partial charge < -0.3 is 19.4 Å². The van der Waals surface area contributed by atoms with Crippen LogP contribution in [-0.4, -0.2) is 47.4 Å². The lowest BCUT2D eigenvalue weighted by molar-refractivity contribution is -0.170. The zero-order chi connectivity index (χ0) is 14.9. The summed E-state index contributed by atoms with van der Waals surface area (Å²) in [5.41, 5.74) is 0.639. The number of ether oxygens (including phenoxy) is 2. The Balaban J connectivity index is 1.70. The molecule has 2 atom stereocenters. The second-order valence-corrected chi connectivity index (χ2v) is 5.94. The first-order chi connectivity index (χ1) is 10.2. The summed E-state index contributed by atoms with van der Waals surface area (Å²) < 4.78 is 13.1. The molecule has 0 unspecified atom stereocenters. The molecule has 0 radical (unpaired) electrons. The summed E-state index contributed by atoms with van der Waals surface area (Å²) in [4.78, 5) is 16.4. The maximum atomic E-state index is 12.4. The Labute approximate surface area is 124 Å². The summed E-state index contributed by atoms with van der Waals surface area (Å²) in [6.45, 7) is 4.24. The minimum atomic E-state index is -0.0548. The highest BCUT2D eigenvalue weighted by Crippen LogP contribution is 2.50. The molecule has 2 fully saturated rings. The van der Waals surface area contributed by atoms with Crippen molar-refractivity contribution in [2.75, 3.05) is 19.8 Å². The number of aryl methyl sites for hydroxylation is 1. The molecule has 6 nitrogen and oxygen atoms in total. The number of rotatable bonds is 4. The zero-order valence-corrected chi connectivity index (χ0v) is 12.7. The first kappa shape index (κ1) is 14.5. The van der Waals surface area contributed by atoms with Crippen molar-refractivity contribution in [3.63, 3.8) is 0 Å². The van der Waals surface area contributed by atoms with Gasteiger partial charge in [-0.1, -0.05) is 0 Å². The molecule has 0 aromatic carbocycles. The fourth-order valence-corrected chi connectivity index (χ4v) is 3.62. The Bertz CT molecular complexity index is 508. The first-order valence-corrected chi connectivity index (χ1v) is 7.64. The lowest BCUT2D eigenvalue weighted by atomic mass is 9.57. The number of carbonyl (C=O) groups is 1. The Hall–Kier alpha value is -1.40. The van der Waals surface area contributed by atoms with Crippen LogP contribution in [0, 0.1) is 5.41 Å². The van der Waals surface area contributed by atoms with Crippen molar-refractivity contribution < 1.29 is 14.3 Å². The van der Waals surface area contributed by atoms with E-state index in [1.54, 1.807) is 17.1 Å². The Morgan fingerprint density at radius 2 is 2.33 bits per heavy atom. The molecule has 1 N–H and O–H groups in total. The van der Waals surface area contributed by atoms with Gasteiger partial charge >= 0.3 is 0 Å². The monoisotopic (exact) mass is 293 g/mol. The van der Waals surface area contributed by atoms with Crippen LogP contribution in [0.5, 0.6) is 0 Å². The van der Waals surface area contributed by atoms with Gasteiger partial charge in [0.05, 0.1) is 18.6 Å². The summed E-state index contributed by atoms with van der Waals surface area (Å²) in [7, 11) is 1.83. The lowest BCUT2D eigenvalue weighted by Crippen LogP contribution is -2.66. The van der Waals surface area contributed by atoms with Gasteiger partial charge in [0.2, 0.25) is 0 Å². The molecule has 21 heavy (non-hydrogen) atoms. The summed E-state index contributed by atoms with van der Waals surface area (Å²) in [5, 5.41) is 3.17. The molecule has 6 heteroatoms. The summed E-state index contributed by atoms with van der Waals surface area (Å²) in [6.07, 6.45) is 6.27. The first-order valence-electron chi connectivity index (χ1n) is 7.64. The van der Waals surface area contributed by atoms with Crippen molar-refractivity contribution >= 4 is 5.91 Å². The predicted molar refractivity (Wildman–Crippen MR) is 77.0 cm³/mol. The Kier molecular flexibility index (Phi) is 3.99. The molecular weight excluding hydrogens is 270 g/mol. The van der Waals surface area contributed by atoms with Gasteiger partial charge in [0.1, 0.15) is 5.69 Å². The van der Waals surface area contributed by atoms with E-state index >= 15 is 0 Å². The van der Waals surface area contributed by atoms with Crippen LogP contribution in [0.1, 0.15) is 36.7 Å². The average Bonchev–Trinajstić information content (AvgIpc) is 2.93. The van der Waals surface area contributed by atoms with Gasteiger partial charge in [-0.25, -0.2) is 4.98 Å². The quantitative estimate of drug-likeness (QED) is 0.903. The summed E-state index contributed by atoms with van der Waals surface area (Å²) >= 11 is 0. The molecule has 1 aliphatic heterocycles. The smallest absolute Gasteiger partial charge is 0.269 e. The molecule has 1 aliphatic carbocycles. The lowest BCUT2D eigenvalue weighted by Gasteiger charge is -2.57. The maximum absolute atomic E-state index is 12.4. The summed E-state index contributed by atoms with van der Waals surface area (Å²) in [6, 6.07) is 0.167. The molecule has 1 saturated carbocycles. The Morgan fingerprint density at radius 1 is 1.57 bits per heavy atom. The molecule has 2 aliphatic rings. The third-order valence-electron chi connectivity index (χ3n) is 4.93. The fraction of sp³-hybridized carbons (Fsp3) is 0.733. The van der Waals surface area contributed by atoms with Gasteiger partial charge in [0, 0.05) is 38.3 Å². The van der Waals surface area contributed by atoms with Gasteiger partial charge in [0.15, 0.2) is 0 Å². The average molecular weight is 293 g/mol. The van der Waals surface area contributed by atoms with E-state index in [0.29, 0.717) is 5.69 Å². The molecule has 1 amide bonds. The van der Waals surface area contributed by atoms with E-state index in [9.17, 15) is 4.79 Å². The fourth-order valence-electron chi connectivity index (χ4n) is 3.62. The number of hydrogen-bond acceptors (Lipinski definition) is 4. The number of amides is 1. The van der Waals surface area contributed by atoms with E-state index in [1.807, 2.05) is 14.0 Å². The zero-order valence-electron chi connectivity index (χ0n) is 12.7. The van der Waals surface area contributed by atoms with Crippen LogP contribution in [-0.2, 0) is 16.5 Å². The van der Waals surface area contributed by atoms with Crippen molar-refractivity contribution in [1.82, 2.24) is 14.9 Å². The van der Waals surface area contributed by atoms with Crippen molar-refractivity contribution in [2.24, 2.45) is 12.5 Å². The third-order valence-corrected chi connectivity index (χ3v) is 4.93. The van der Waals surface area contributed by atoms with E-state index in [-0.39, 0.29) is 23.5 Å². The third kappa shape index (κ3) is 2.46. The molecule has 3 rings (SSSR count). The normalized spacial score (nSPS) is 27.3. The minimum absolute atomic E-state index is 0.0442. The SMILES string of the molecule is CCO[C@@H]1C[C@@H](NC(=O)c2cncn2C)C12CCOCC2. The number of imidazole rings is 1. The Morgan fingerprint density at radius 3 is 2.95 bits per heavy atom. The highest BCUT2D eigenvalue weighted by molar-refractivity contribution is 5.92. The molecule has 116 valence electrons.